The van der Waals surface area contributed by atoms with Gasteiger partial charge in [-0.15, -0.1) is 0 Å². The zero-order valence-electron chi connectivity index (χ0n) is 9.63. The SMILES string of the molecule is CC(C)(C)CC12CC(NS(N)(=O)=O)(C1)C2. The molecule has 4 nitrogen and oxygen atoms in total. The quantitative estimate of drug-likeness (QED) is 0.766. The van der Waals surface area contributed by atoms with Crippen molar-refractivity contribution in [1.29, 1.82) is 0 Å². The summed E-state index contributed by atoms with van der Waals surface area (Å²) in [5, 5.41) is 4.99. The van der Waals surface area contributed by atoms with Crippen LogP contribution in [0.5, 0.6) is 0 Å². The van der Waals surface area contributed by atoms with Crippen LogP contribution in [0.4, 0.5) is 0 Å². The molecule has 0 unspecified atom stereocenters. The summed E-state index contributed by atoms with van der Waals surface area (Å²) in [6.07, 6.45) is 4.07. The summed E-state index contributed by atoms with van der Waals surface area (Å²) in [6, 6.07) is 0. The number of hydrogen-bond donors (Lipinski definition) is 2. The zero-order valence-corrected chi connectivity index (χ0v) is 10.4. The Morgan fingerprint density at radius 3 is 2.07 bits per heavy atom. The smallest absolute Gasteiger partial charge is 0.216 e. The Bertz CT molecular complexity index is 361. The average molecular weight is 232 g/mol. The van der Waals surface area contributed by atoms with E-state index in [0.29, 0.717) is 10.8 Å². The van der Waals surface area contributed by atoms with Gasteiger partial charge in [0.1, 0.15) is 0 Å². The summed E-state index contributed by atoms with van der Waals surface area (Å²) >= 11 is 0. The predicted molar refractivity (Wildman–Crippen MR) is 59.3 cm³/mol. The van der Waals surface area contributed by atoms with E-state index in [1.807, 2.05) is 0 Å². The van der Waals surface area contributed by atoms with E-state index in [9.17, 15) is 8.42 Å². The Balaban J connectivity index is 1.91. The number of nitrogens with two attached hydrogens (primary N) is 1. The van der Waals surface area contributed by atoms with Crippen molar-refractivity contribution < 1.29 is 8.42 Å². The zero-order chi connectivity index (χ0) is 11.5. The molecule has 0 saturated heterocycles. The van der Waals surface area contributed by atoms with Crippen LogP contribution in [0.2, 0.25) is 0 Å². The van der Waals surface area contributed by atoms with Crippen LogP contribution < -0.4 is 9.86 Å². The second-order valence-corrected chi connectivity index (χ2v) is 7.99. The molecule has 3 rings (SSSR count). The molecule has 5 heteroatoms. The molecule has 3 aliphatic rings. The third-order valence-corrected chi connectivity index (χ3v) is 4.12. The van der Waals surface area contributed by atoms with Crippen molar-refractivity contribution in [3.05, 3.63) is 0 Å². The standard InChI is InChI=1S/C10H20N2O2S/c1-8(2,3)4-9-5-10(6-9,7-9)12-15(11,13)14/h12H,4-7H2,1-3H3,(H2,11,13,14). The fourth-order valence-electron chi connectivity index (χ4n) is 3.72. The van der Waals surface area contributed by atoms with Gasteiger partial charge in [0.15, 0.2) is 0 Å². The molecule has 0 amide bonds. The molecule has 3 fully saturated rings. The highest BCUT2D eigenvalue weighted by atomic mass is 32.2. The van der Waals surface area contributed by atoms with Crippen molar-refractivity contribution in [3.63, 3.8) is 0 Å². The van der Waals surface area contributed by atoms with Gasteiger partial charge in [0.25, 0.3) is 10.2 Å². The van der Waals surface area contributed by atoms with Crippen LogP contribution in [0.25, 0.3) is 0 Å². The van der Waals surface area contributed by atoms with Crippen molar-refractivity contribution in [3.8, 4) is 0 Å². The Morgan fingerprint density at radius 1 is 1.27 bits per heavy atom. The van der Waals surface area contributed by atoms with Gasteiger partial charge < -0.3 is 0 Å². The number of rotatable bonds is 3. The Morgan fingerprint density at radius 2 is 1.73 bits per heavy atom. The van der Waals surface area contributed by atoms with Crippen molar-refractivity contribution in [2.45, 2.75) is 52.0 Å². The summed E-state index contributed by atoms with van der Waals surface area (Å²) in [7, 11) is -3.53. The van der Waals surface area contributed by atoms with Crippen molar-refractivity contribution in [1.82, 2.24) is 4.72 Å². The molecule has 3 aliphatic carbocycles. The highest BCUT2D eigenvalue weighted by Gasteiger charge is 2.68. The van der Waals surface area contributed by atoms with Crippen LogP contribution in [-0.4, -0.2) is 14.0 Å². The van der Waals surface area contributed by atoms with E-state index < -0.39 is 10.2 Å². The summed E-state index contributed by atoms with van der Waals surface area (Å²) in [4.78, 5) is 0. The molecule has 0 atom stereocenters. The van der Waals surface area contributed by atoms with E-state index in [-0.39, 0.29) is 5.54 Å². The molecular formula is C10H20N2O2S. The Kier molecular flexibility index (Phi) is 2.09. The molecule has 3 saturated carbocycles. The van der Waals surface area contributed by atoms with E-state index in [1.165, 1.54) is 6.42 Å². The van der Waals surface area contributed by atoms with Gasteiger partial charge in [0.05, 0.1) is 0 Å². The first-order valence-electron chi connectivity index (χ1n) is 5.35. The third kappa shape index (κ3) is 2.19. The van der Waals surface area contributed by atoms with Crippen LogP contribution in [0, 0.1) is 10.8 Å². The number of nitrogens with one attached hydrogen (secondary N) is 1. The number of hydrogen-bond acceptors (Lipinski definition) is 2. The summed E-state index contributed by atoms with van der Waals surface area (Å²) in [5.41, 5.74) is 0.545. The van der Waals surface area contributed by atoms with E-state index in [2.05, 4.69) is 25.5 Å². The molecular weight excluding hydrogens is 212 g/mol. The minimum Gasteiger partial charge on any atom is -0.216 e. The van der Waals surface area contributed by atoms with Crippen LogP contribution >= 0.6 is 0 Å². The van der Waals surface area contributed by atoms with Gasteiger partial charge in [-0.25, -0.2) is 5.14 Å². The van der Waals surface area contributed by atoms with Crippen LogP contribution in [-0.2, 0) is 10.2 Å². The van der Waals surface area contributed by atoms with Crippen molar-refractivity contribution in [2.24, 2.45) is 16.0 Å². The Hall–Kier alpha value is -0.130. The fraction of sp³-hybridized carbons (Fsp3) is 1.00. The first kappa shape index (κ1) is 11.4. The van der Waals surface area contributed by atoms with Crippen LogP contribution in [0.3, 0.4) is 0 Å². The van der Waals surface area contributed by atoms with E-state index >= 15 is 0 Å². The highest BCUT2D eigenvalue weighted by molar-refractivity contribution is 7.87. The maximum Gasteiger partial charge on any atom is 0.274 e. The lowest BCUT2D eigenvalue weighted by atomic mass is 9.37. The largest absolute Gasteiger partial charge is 0.274 e. The first-order valence-corrected chi connectivity index (χ1v) is 6.90. The summed E-state index contributed by atoms with van der Waals surface area (Å²) in [6.45, 7) is 6.69. The second-order valence-electron chi connectivity index (χ2n) is 6.70. The maximum atomic E-state index is 10.9. The predicted octanol–water partition coefficient (Wildman–Crippen LogP) is 1.14. The topological polar surface area (TPSA) is 72.2 Å². The van der Waals surface area contributed by atoms with Gasteiger partial charge in [-0.05, 0) is 36.5 Å². The lowest BCUT2D eigenvalue weighted by Crippen LogP contribution is -2.75. The van der Waals surface area contributed by atoms with Gasteiger partial charge >= 0.3 is 0 Å². The molecule has 0 heterocycles. The fourth-order valence-corrected chi connectivity index (χ4v) is 4.54. The second kappa shape index (κ2) is 2.76. The van der Waals surface area contributed by atoms with Gasteiger partial charge in [-0.3, -0.25) is 0 Å². The maximum absolute atomic E-state index is 10.9. The van der Waals surface area contributed by atoms with E-state index in [4.69, 9.17) is 5.14 Å². The van der Waals surface area contributed by atoms with Crippen molar-refractivity contribution >= 4 is 10.2 Å². The van der Waals surface area contributed by atoms with Gasteiger partial charge in [-0.2, -0.15) is 13.1 Å². The highest BCUT2D eigenvalue weighted by Crippen LogP contribution is 2.70. The molecule has 2 bridgehead atoms. The molecule has 0 aromatic heterocycles. The van der Waals surface area contributed by atoms with Crippen molar-refractivity contribution in [2.75, 3.05) is 0 Å². The average Bonchev–Trinajstić information content (AvgIpc) is 1.72. The minimum atomic E-state index is -3.53. The minimum absolute atomic E-state index is 0.182. The first-order chi connectivity index (χ1) is 6.54. The molecule has 0 aromatic carbocycles. The lowest BCUT2D eigenvalue weighted by molar-refractivity contribution is -0.161. The lowest BCUT2D eigenvalue weighted by Gasteiger charge is -2.71. The van der Waals surface area contributed by atoms with Gasteiger partial charge in [0.2, 0.25) is 0 Å². The molecule has 0 aliphatic heterocycles. The van der Waals surface area contributed by atoms with Gasteiger partial charge in [-0.1, -0.05) is 20.8 Å². The van der Waals surface area contributed by atoms with E-state index in [0.717, 1.165) is 19.3 Å². The Labute approximate surface area is 91.8 Å². The normalized spacial score (nSPS) is 39.5. The monoisotopic (exact) mass is 232 g/mol. The molecule has 0 radical (unpaired) electrons. The summed E-state index contributed by atoms with van der Waals surface area (Å²) in [5.74, 6) is 0. The third-order valence-electron chi connectivity index (χ3n) is 3.40. The molecule has 0 spiro atoms. The van der Waals surface area contributed by atoms with Crippen LogP contribution in [0.1, 0.15) is 46.5 Å². The van der Waals surface area contributed by atoms with Crippen LogP contribution in [0.15, 0.2) is 0 Å². The molecule has 15 heavy (non-hydrogen) atoms. The van der Waals surface area contributed by atoms with E-state index in [1.54, 1.807) is 0 Å². The molecule has 0 aromatic rings. The van der Waals surface area contributed by atoms with Gasteiger partial charge in [0, 0.05) is 5.54 Å². The molecule has 88 valence electrons. The molecule has 3 N–H and O–H groups in total. The summed E-state index contributed by atoms with van der Waals surface area (Å²) < 4.78 is 24.4.